The second-order valence-corrected chi connectivity index (χ2v) is 11.3. The molecule has 0 saturated carbocycles. The van der Waals surface area contributed by atoms with Crippen LogP contribution >= 0.6 is 0 Å². The fourth-order valence-corrected chi connectivity index (χ4v) is 5.56. The van der Waals surface area contributed by atoms with Crippen LogP contribution in [-0.2, 0) is 37.8 Å². The van der Waals surface area contributed by atoms with E-state index in [1.54, 1.807) is 12.1 Å². The Morgan fingerprint density at radius 3 is 2.38 bits per heavy atom. The third-order valence-electron chi connectivity index (χ3n) is 5.30. The van der Waals surface area contributed by atoms with Gasteiger partial charge >= 0.3 is 0 Å². The van der Waals surface area contributed by atoms with Crippen molar-refractivity contribution in [2.45, 2.75) is 24.3 Å². The summed E-state index contributed by atoms with van der Waals surface area (Å²) in [5.74, 6) is -0.249. The maximum absolute atomic E-state index is 12.9. The molecule has 3 rings (SSSR count). The van der Waals surface area contributed by atoms with E-state index in [0.29, 0.717) is 25.1 Å². The van der Waals surface area contributed by atoms with Gasteiger partial charge in [-0.2, -0.15) is 4.31 Å². The van der Waals surface area contributed by atoms with Crippen LogP contribution in [0.1, 0.15) is 17.5 Å². The van der Waals surface area contributed by atoms with Crippen molar-refractivity contribution < 1.29 is 21.6 Å². The number of nitrogens with one attached hydrogen (secondary N) is 2. The van der Waals surface area contributed by atoms with Gasteiger partial charge < -0.3 is 5.32 Å². The van der Waals surface area contributed by atoms with Crippen LogP contribution in [-0.4, -0.2) is 46.7 Å². The van der Waals surface area contributed by atoms with Crippen LogP contribution < -0.4 is 10.0 Å². The van der Waals surface area contributed by atoms with Gasteiger partial charge in [0.2, 0.25) is 26.0 Å². The number of hydrogen-bond acceptors (Lipinski definition) is 5. The number of benzene rings is 2. The highest BCUT2D eigenvalue weighted by Gasteiger charge is 2.32. The molecule has 2 aromatic rings. The monoisotopic (exact) mass is 477 g/mol. The molecule has 0 aliphatic carbocycles. The van der Waals surface area contributed by atoms with E-state index in [-0.39, 0.29) is 36.2 Å². The highest BCUT2D eigenvalue weighted by molar-refractivity contribution is 7.92. The van der Waals surface area contributed by atoms with Crippen LogP contribution in [0.15, 0.2) is 71.5 Å². The fourth-order valence-electron chi connectivity index (χ4n) is 3.45. The van der Waals surface area contributed by atoms with Gasteiger partial charge in [0.05, 0.1) is 11.3 Å². The molecule has 1 saturated heterocycles. The Balaban J connectivity index is 1.54. The van der Waals surface area contributed by atoms with Crippen molar-refractivity contribution in [3.63, 3.8) is 0 Å². The Kier molecular flexibility index (Phi) is 7.83. The van der Waals surface area contributed by atoms with E-state index in [0.717, 1.165) is 11.0 Å². The van der Waals surface area contributed by atoms with Gasteiger partial charge in [-0.25, -0.2) is 21.6 Å². The van der Waals surface area contributed by atoms with Crippen molar-refractivity contribution in [2.24, 2.45) is 5.92 Å². The fraction of sp³-hybridized carbons (Fsp3) is 0.318. The molecule has 1 atom stereocenters. The molecule has 0 aromatic heterocycles. The van der Waals surface area contributed by atoms with Gasteiger partial charge in [0.1, 0.15) is 0 Å². The molecule has 1 amide bonds. The molecule has 1 heterocycles. The average Bonchev–Trinajstić information content (AvgIpc) is 3.28. The van der Waals surface area contributed by atoms with E-state index in [1.807, 2.05) is 30.3 Å². The van der Waals surface area contributed by atoms with Crippen molar-refractivity contribution in [1.29, 1.82) is 0 Å². The number of amides is 1. The predicted octanol–water partition coefficient (Wildman–Crippen LogP) is 1.62. The van der Waals surface area contributed by atoms with Gasteiger partial charge in [0.15, 0.2) is 0 Å². The Morgan fingerprint density at radius 1 is 1.03 bits per heavy atom. The molecule has 1 fully saturated rings. The van der Waals surface area contributed by atoms with Crippen molar-refractivity contribution >= 4 is 26.0 Å². The minimum absolute atomic E-state index is 0.105. The molecule has 0 radical (unpaired) electrons. The molecule has 10 heteroatoms. The highest BCUT2D eigenvalue weighted by Crippen LogP contribution is 2.24. The van der Waals surface area contributed by atoms with E-state index in [2.05, 4.69) is 16.6 Å². The standard InChI is InChI=1S/C22H27N3O5S2/c1-2-31(27,28)24-16-20-12-13-25(17-20)32(29,30)21-10-8-18(9-11-21)14-22(26)23-15-19-6-4-3-5-7-19/h2-11,20,24H,1,12-17H2,(H,23,26). The zero-order valence-electron chi connectivity index (χ0n) is 17.6. The largest absolute Gasteiger partial charge is 0.352 e. The van der Waals surface area contributed by atoms with Crippen molar-refractivity contribution in [1.82, 2.24) is 14.3 Å². The summed E-state index contributed by atoms with van der Waals surface area (Å²) < 4.78 is 52.6. The zero-order valence-corrected chi connectivity index (χ0v) is 19.2. The summed E-state index contributed by atoms with van der Waals surface area (Å²) in [5.41, 5.74) is 1.72. The first-order chi connectivity index (χ1) is 15.2. The molecular formula is C22H27N3O5S2. The van der Waals surface area contributed by atoms with Gasteiger partial charge in [-0.15, -0.1) is 0 Å². The molecule has 1 aliphatic heterocycles. The lowest BCUT2D eigenvalue weighted by molar-refractivity contribution is -0.120. The summed E-state index contributed by atoms with van der Waals surface area (Å²) in [5, 5.41) is 3.68. The lowest BCUT2D eigenvalue weighted by Crippen LogP contribution is -2.32. The molecular weight excluding hydrogens is 450 g/mol. The quantitative estimate of drug-likeness (QED) is 0.540. The number of hydrogen-bond donors (Lipinski definition) is 2. The molecule has 2 aromatic carbocycles. The van der Waals surface area contributed by atoms with Crippen LogP contribution in [0.4, 0.5) is 0 Å². The third kappa shape index (κ3) is 6.49. The normalized spacial score (nSPS) is 17.2. The number of sulfonamides is 2. The minimum atomic E-state index is -3.69. The highest BCUT2D eigenvalue weighted by atomic mass is 32.2. The predicted molar refractivity (Wildman–Crippen MR) is 122 cm³/mol. The summed E-state index contributed by atoms with van der Waals surface area (Å²) in [6, 6.07) is 15.9. The third-order valence-corrected chi connectivity index (χ3v) is 8.19. The second-order valence-electron chi connectivity index (χ2n) is 7.66. The average molecular weight is 478 g/mol. The van der Waals surface area contributed by atoms with Gasteiger partial charge in [0.25, 0.3) is 0 Å². The Labute approximate surface area is 189 Å². The maximum atomic E-state index is 12.9. The minimum Gasteiger partial charge on any atom is -0.352 e. The molecule has 1 aliphatic rings. The molecule has 2 N–H and O–H groups in total. The molecule has 8 nitrogen and oxygen atoms in total. The van der Waals surface area contributed by atoms with E-state index in [9.17, 15) is 21.6 Å². The van der Waals surface area contributed by atoms with Crippen molar-refractivity contribution in [2.75, 3.05) is 19.6 Å². The summed E-state index contributed by atoms with van der Waals surface area (Å²) in [4.78, 5) is 12.3. The van der Waals surface area contributed by atoms with Gasteiger partial charge in [0, 0.05) is 31.6 Å². The van der Waals surface area contributed by atoms with Crippen LogP contribution in [0.2, 0.25) is 0 Å². The van der Waals surface area contributed by atoms with Gasteiger partial charge in [-0.05, 0) is 35.6 Å². The Morgan fingerprint density at radius 2 is 1.72 bits per heavy atom. The lowest BCUT2D eigenvalue weighted by atomic mass is 10.1. The lowest BCUT2D eigenvalue weighted by Gasteiger charge is -2.17. The SMILES string of the molecule is C=CS(=O)(=O)NCC1CCN(S(=O)(=O)c2ccc(CC(=O)NCc3ccccc3)cc2)C1. The number of carbonyl (C=O) groups is 1. The van der Waals surface area contributed by atoms with E-state index < -0.39 is 20.0 Å². The van der Waals surface area contributed by atoms with Gasteiger partial charge in [-0.3, -0.25) is 4.79 Å². The summed E-state index contributed by atoms with van der Waals surface area (Å²) >= 11 is 0. The van der Waals surface area contributed by atoms with E-state index in [4.69, 9.17) is 0 Å². The number of nitrogens with zero attached hydrogens (tertiary/aromatic N) is 1. The summed E-state index contributed by atoms with van der Waals surface area (Å²) in [7, 11) is -7.22. The van der Waals surface area contributed by atoms with Crippen LogP contribution in [0.5, 0.6) is 0 Å². The Bertz CT molecular complexity index is 1150. The smallest absolute Gasteiger partial charge is 0.243 e. The maximum Gasteiger partial charge on any atom is 0.243 e. The topological polar surface area (TPSA) is 113 Å². The first kappa shape index (κ1) is 24.1. The number of rotatable bonds is 10. The van der Waals surface area contributed by atoms with Crippen molar-refractivity contribution in [3.8, 4) is 0 Å². The molecule has 32 heavy (non-hydrogen) atoms. The second kappa shape index (κ2) is 10.4. The number of carbonyl (C=O) groups excluding carboxylic acids is 1. The van der Waals surface area contributed by atoms with Gasteiger partial charge in [-0.1, -0.05) is 49.0 Å². The van der Waals surface area contributed by atoms with Crippen molar-refractivity contribution in [3.05, 3.63) is 77.7 Å². The summed E-state index contributed by atoms with van der Waals surface area (Å²) in [6.45, 7) is 4.41. The van der Waals surface area contributed by atoms with Crippen LogP contribution in [0, 0.1) is 5.92 Å². The Hall–Kier alpha value is -2.53. The first-order valence-electron chi connectivity index (χ1n) is 10.2. The zero-order chi connectivity index (χ0) is 23.2. The van der Waals surface area contributed by atoms with Crippen LogP contribution in [0.25, 0.3) is 0 Å². The van der Waals surface area contributed by atoms with Crippen LogP contribution in [0.3, 0.4) is 0 Å². The molecule has 1 unspecified atom stereocenters. The van der Waals surface area contributed by atoms with E-state index >= 15 is 0 Å². The van der Waals surface area contributed by atoms with E-state index in [1.165, 1.54) is 16.4 Å². The molecule has 0 bridgehead atoms. The summed E-state index contributed by atoms with van der Waals surface area (Å²) in [6.07, 6.45) is 0.723. The first-order valence-corrected chi connectivity index (χ1v) is 13.2. The molecule has 0 spiro atoms. The molecule has 172 valence electrons.